The number of rotatable bonds is 6. The number of halogens is 2. The molecule has 0 fully saturated rings. The molecule has 28 heavy (non-hydrogen) atoms. The zero-order valence-electron chi connectivity index (χ0n) is 14.5. The van der Waals surface area contributed by atoms with Crippen molar-refractivity contribution in [3.05, 3.63) is 69.1 Å². The molecular formula is C19H15Cl2N3O4. The molecule has 3 aromatic rings. The molecule has 0 spiro atoms. The number of anilines is 1. The number of ether oxygens (including phenoxy) is 3. The highest BCUT2D eigenvalue weighted by Gasteiger charge is 2.14. The highest BCUT2D eigenvalue weighted by molar-refractivity contribution is 6.33. The molecule has 1 N–H and O–H groups in total. The van der Waals surface area contributed by atoms with Crippen LogP contribution in [-0.2, 0) is 0 Å². The summed E-state index contributed by atoms with van der Waals surface area (Å²) in [4.78, 5) is 12.5. The van der Waals surface area contributed by atoms with E-state index < -0.39 is 5.56 Å². The van der Waals surface area contributed by atoms with E-state index in [9.17, 15) is 4.79 Å². The molecule has 144 valence electrons. The fraction of sp³-hybridized carbons (Fsp3) is 0.158. The minimum Gasteiger partial charge on any atom is -0.492 e. The average molecular weight is 420 g/mol. The highest BCUT2D eigenvalue weighted by Crippen LogP contribution is 2.35. The van der Waals surface area contributed by atoms with Crippen LogP contribution in [0.1, 0.15) is 0 Å². The van der Waals surface area contributed by atoms with Gasteiger partial charge in [0.25, 0.3) is 5.56 Å². The summed E-state index contributed by atoms with van der Waals surface area (Å²) < 4.78 is 17.5. The highest BCUT2D eigenvalue weighted by atomic mass is 35.5. The van der Waals surface area contributed by atoms with Crippen LogP contribution in [0.3, 0.4) is 0 Å². The molecule has 0 amide bonds. The van der Waals surface area contributed by atoms with Gasteiger partial charge in [0.2, 0.25) is 6.79 Å². The van der Waals surface area contributed by atoms with Crippen molar-refractivity contribution in [2.24, 2.45) is 0 Å². The lowest BCUT2D eigenvalue weighted by atomic mass is 10.3. The Morgan fingerprint density at radius 2 is 1.89 bits per heavy atom. The van der Waals surface area contributed by atoms with Crippen LogP contribution in [-0.4, -0.2) is 29.7 Å². The normalized spacial score (nSPS) is 12.1. The van der Waals surface area contributed by atoms with Crippen molar-refractivity contribution in [1.82, 2.24) is 9.78 Å². The summed E-state index contributed by atoms with van der Waals surface area (Å²) >= 11 is 12.1. The Morgan fingerprint density at radius 1 is 1.11 bits per heavy atom. The SMILES string of the molecule is O=c1c(Cl)c(NCCOc2ccc3c(c2)OCO3)cnn1-c1ccc(Cl)cc1. The van der Waals surface area contributed by atoms with Crippen LogP contribution in [0, 0.1) is 0 Å². The molecule has 0 atom stereocenters. The predicted octanol–water partition coefficient (Wildman–Crippen LogP) is 3.76. The Morgan fingerprint density at radius 3 is 2.71 bits per heavy atom. The monoisotopic (exact) mass is 419 g/mol. The third-order valence-corrected chi connectivity index (χ3v) is 4.64. The molecule has 0 saturated heterocycles. The van der Waals surface area contributed by atoms with Gasteiger partial charge in [0.15, 0.2) is 11.5 Å². The average Bonchev–Trinajstić information content (AvgIpc) is 3.17. The van der Waals surface area contributed by atoms with Gasteiger partial charge in [-0.3, -0.25) is 4.79 Å². The maximum atomic E-state index is 12.5. The molecule has 1 aliphatic rings. The fourth-order valence-electron chi connectivity index (χ4n) is 2.64. The summed E-state index contributed by atoms with van der Waals surface area (Å²) in [6.45, 7) is 1.00. The van der Waals surface area contributed by atoms with Gasteiger partial charge >= 0.3 is 0 Å². The largest absolute Gasteiger partial charge is 0.492 e. The van der Waals surface area contributed by atoms with Crippen LogP contribution in [0.15, 0.2) is 53.5 Å². The molecule has 0 unspecified atom stereocenters. The molecule has 0 aliphatic carbocycles. The molecule has 0 radical (unpaired) electrons. The van der Waals surface area contributed by atoms with Gasteiger partial charge in [-0.1, -0.05) is 23.2 Å². The number of benzene rings is 2. The summed E-state index contributed by atoms with van der Waals surface area (Å²) in [5.74, 6) is 2.02. The maximum absolute atomic E-state index is 12.5. The van der Waals surface area contributed by atoms with Crippen LogP contribution in [0.4, 0.5) is 5.69 Å². The van der Waals surface area contributed by atoms with Crippen LogP contribution in [0.5, 0.6) is 17.2 Å². The Bertz CT molecular complexity index is 1050. The molecule has 0 saturated carbocycles. The fourth-order valence-corrected chi connectivity index (χ4v) is 2.97. The van der Waals surface area contributed by atoms with Gasteiger partial charge < -0.3 is 19.5 Å². The topological polar surface area (TPSA) is 74.6 Å². The summed E-state index contributed by atoms with van der Waals surface area (Å²) in [5, 5.41) is 7.83. The number of hydrogen-bond acceptors (Lipinski definition) is 6. The quantitative estimate of drug-likeness (QED) is 0.613. The van der Waals surface area contributed by atoms with Crippen LogP contribution < -0.4 is 25.1 Å². The van der Waals surface area contributed by atoms with E-state index in [1.165, 1.54) is 10.9 Å². The van der Waals surface area contributed by atoms with E-state index in [0.29, 0.717) is 46.8 Å². The van der Waals surface area contributed by atoms with Gasteiger partial charge in [0.05, 0.1) is 17.6 Å². The Kier molecular flexibility index (Phi) is 5.27. The summed E-state index contributed by atoms with van der Waals surface area (Å²) in [7, 11) is 0. The van der Waals surface area contributed by atoms with Gasteiger partial charge in [-0.15, -0.1) is 0 Å². The molecule has 4 rings (SSSR count). The van der Waals surface area contributed by atoms with Gasteiger partial charge in [-0.2, -0.15) is 9.78 Å². The minimum atomic E-state index is -0.425. The third-order valence-electron chi connectivity index (χ3n) is 4.02. The Labute approximate surface area is 170 Å². The number of fused-ring (bicyclic) bond motifs is 1. The van der Waals surface area contributed by atoms with E-state index in [0.717, 1.165) is 0 Å². The van der Waals surface area contributed by atoms with Crippen molar-refractivity contribution < 1.29 is 14.2 Å². The van der Waals surface area contributed by atoms with Crippen molar-refractivity contribution >= 4 is 28.9 Å². The first-order valence-electron chi connectivity index (χ1n) is 8.42. The third kappa shape index (κ3) is 3.85. The van der Waals surface area contributed by atoms with E-state index in [1.807, 2.05) is 0 Å². The summed E-state index contributed by atoms with van der Waals surface area (Å²) in [6, 6.07) is 12.1. The Balaban J connectivity index is 1.38. The predicted molar refractivity (Wildman–Crippen MR) is 106 cm³/mol. The smallest absolute Gasteiger partial charge is 0.292 e. The Hall–Kier alpha value is -2.90. The standard InChI is InChI=1S/C19H15Cl2N3O4/c20-12-1-3-13(4-2-12)24-19(25)18(21)15(10-23-24)22-7-8-26-14-5-6-16-17(9-14)28-11-27-16/h1-6,9-10,22H,7-8,11H2. The van der Waals surface area contributed by atoms with E-state index in [-0.39, 0.29) is 11.8 Å². The lowest BCUT2D eigenvalue weighted by Gasteiger charge is -2.11. The lowest BCUT2D eigenvalue weighted by Crippen LogP contribution is -2.23. The van der Waals surface area contributed by atoms with Crippen molar-refractivity contribution in [3.63, 3.8) is 0 Å². The molecule has 0 bridgehead atoms. The maximum Gasteiger partial charge on any atom is 0.292 e. The molecular weight excluding hydrogens is 405 g/mol. The number of aromatic nitrogens is 2. The van der Waals surface area contributed by atoms with Gasteiger partial charge in [0.1, 0.15) is 17.4 Å². The first-order chi connectivity index (χ1) is 13.6. The molecule has 9 heteroatoms. The zero-order chi connectivity index (χ0) is 19.5. The molecule has 2 aromatic carbocycles. The number of nitrogens with one attached hydrogen (secondary N) is 1. The summed E-state index contributed by atoms with van der Waals surface area (Å²) in [5.41, 5.74) is 0.589. The van der Waals surface area contributed by atoms with Crippen molar-refractivity contribution in [3.8, 4) is 22.9 Å². The molecule has 2 heterocycles. The van der Waals surface area contributed by atoms with Gasteiger partial charge in [-0.25, -0.2) is 0 Å². The number of nitrogens with zero attached hydrogens (tertiary/aromatic N) is 2. The second kappa shape index (κ2) is 8.00. The van der Waals surface area contributed by atoms with Gasteiger partial charge in [-0.05, 0) is 36.4 Å². The van der Waals surface area contributed by atoms with E-state index in [2.05, 4.69) is 10.4 Å². The number of hydrogen-bond donors (Lipinski definition) is 1. The van der Waals surface area contributed by atoms with Gasteiger partial charge in [0, 0.05) is 17.6 Å². The van der Waals surface area contributed by atoms with Crippen molar-refractivity contribution in [2.75, 3.05) is 25.3 Å². The minimum absolute atomic E-state index is 0.0491. The molecule has 1 aliphatic heterocycles. The van der Waals surface area contributed by atoms with E-state index >= 15 is 0 Å². The van der Waals surface area contributed by atoms with Crippen LogP contribution in [0.2, 0.25) is 10.0 Å². The van der Waals surface area contributed by atoms with Crippen LogP contribution >= 0.6 is 23.2 Å². The van der Waals surface area contributed by atoms with Crippen molar-refractivity contribution in [2.45, 2.75) is 0 Å². The first kappa shape index (κ1) is 18.5. The zero-order valence-corrected chi connectivity index (χ0v) is 16.0. The molecule has 7 nitrogen and oxygen atoms in total. The lowest BCUT2D eigenvalue weighted by molar-refractivity contribution is 0.174. The molecule has 1 aromatic heterocycles. The van der Waals surface area contributed by atoms with E-state index in [1.54, 1.807) is 42.5 Å². The first-order valence-corrected chi connectivity index (χ1v) is 9.17. The second-order valence-corrected chi connectivity index (χ2v) is 6.67. The van der Waals surface area contributed by atoms with Crippen LogP contribution in [0.25, 0.3) is 5.69 Å². The van der Waals surface area contributed by atoms with E-state index in [4.69, 9.17) is 37.4 Å². The second-order valence-electron chi connectivity index (χ2n) is 5.86. The van der Waals surface area contributed by atoms with Crippen molar-refractivity contribution in [1.29, 1.82) is 0 Å². The summed E-state index contributed by atoms with van der Waals surface area (Å²) in [6.07, 6.45) is 1.50.